The Balaban J connectivity index is 2.86. The van der Waals surface area contributed by atoms with Crippen molar-refractivity contribution >= 4 is 5.69 Å². The molecular weight excluding hydrogens is 200 g/mol. The van der Waals surface area contributed by atoms with Crippen molar-refractivity contribution in [2.75, 3.05) is 12.3 Å². The van der Waals surface area contributed by atoms with E-state index in [1.165, 1.54) is 12.3 Å². The van der Waals surface area contributed by atoms with Gasteiger partial charge in [-0.05, 0) is 12.5 Å². The third kappa shape index (κ3) is 2.79. The van der Waals surface area contributed by atoms with Gasteiger partial charge in [0.25, 0.3) is 5.56 Å². The van der Waals surface area contributed by atoms with Crippen LogP contribution in [0.2, 0.25) is 0 Å². The van der Waals surface area contributed by atoms with Crippen LogP contribution in [-0.4, -0.2) is 33.0 Å². The third-order valence-corrected chi connectivity index (χ3v) is 2.09. The second-order valence-corrected chi connectivity index (χ2v) is 3.24. The number of rotatable bonds is 4. The van der Waals surface area contributed by atoms with Crippen molar-refractivity contribution in [3.8, 4) is 0 Å². The maximum Gasteiger partial charge on any atom is 0.271 e. The molecule has 15 heavy (non-hydrogen) atoms. The fraction of sp³-hybridized carbons (Fsp3) is 0.444. The fourth-order valence-corrected chi connectivity index (χ4v) is 1.20. The van der Waals surface area contributed by atoms with Gasteiger partial charge in [-0.1, -0.05) is 0 Å². The maximum atomic E-state index is 10.9. The molecule has 0 fully saturated rings. The van der Waals surface area contributed by atoms with Crippen molar-refractivity contribution in [1.29, 1.82) is 0 Å². The Morgan fingerprint density at radius 1 is 1.47 bits per heavy atom. The number of hydrogen-bond donors (Lipinski definition) is 5. The summed E-state index contributed by atoms with van der Waals surface area (Å²) in [5.74, 6) is 0. The summed E-state index contributed by atoms with van der Waals surface area (Å²) in [4.78, 5) is 13.3. The summed E-state index contributed by atoms with van der Waals surface area (Å²) in [6.07, 6.45) is -0.916. The van der Waals surface area contributed by atoms with E-state index in [0.29, 0.717) is 5.56 Å². The molecule has 1 rings (SSSR count). The van der Waals surface area contributed by atoms with E-state index in [2.05, 4.69) is 4.98 Å². The molecular formula is C9H14N2O4. The van der Waals surface area contributed by atoms with E-state index in [1.807, 2.05) is 0 Å². The Bertz CT molecular complexity index is 377. The number of nitrogens with one attached hydrogen (secondary N) is 1. The largest absolute Gasteiger partial charge is 0.396 e. The predicted molar refractivity (Wildman–Crippen MR) is 54.1 cm³/mol. The van der Waals surface area contributed by atoms with E-state index in [0.717, 1.165) is 0 Å². The molecule has 0 spiro atoms. The Kier molecular flexibility index (Phi) is 3.84. The number of aliphatic hydroxyl groups is 3. The van der Waals surface area contributed by atoms with E-state index in [-0.39, 0.29) is 18.7 Å². The summed E-state index contributed by atoms with van der Waals surface area (Å²) in [5.41, 5.74) is 5.19. The van der Waals surface area contributed by atoms with Crippen LogP contribution in [0.25, 0.3) is 0 Å². The minimum atomic E-state index is -1.17. The topological polar surface area (TPSA) is 120 Å². The number of aromatic amines is 1. The molecule has 0 aliphatic carbocycles. The Morgan fingerprint density at radius 2 is 2.13 bits per heavy atom. The molecule has 6 nitrogen and oxygen atoms in total. The van der Waals surface area contributed by atoms with Gasteiger partial charge in [-0.3, -0.25) is 4.79 Å². The SMILES string of the molecule is Nc1cc(C(O)C(O)CCO)c[nH]c1=O. The second kappa shape index (κ2) is 4.92. The van der Waals surface area contributed by atoms with E-state index in [9.17, 15) is 15.0 Å². The summed E-state index contributed by atoms with van der Waals surface area (Å²) < 4.78 is 0. The summed E-state index contributed by atoms with van der Waals surface area (Å²) in [6, 6.07) is 1.30. The molecule has 2 atom stereocenters. The van der Waals surface area contributed by atoms with Crippen molar-refractivity contribution in [2.45, 2.75) is 18.6 Å². The molecule has 0 saturated carbocycles. The van der Waals surface area contributed by atoms with Gasteiger partial charge in [-0.15, -0.1) is 0 Å². The molecule has 1 aromatic heterocycles. The molecule has 1 aromatic rings. The molecule has 0 saturated heterocycles. The normalized spacial score (nSPS) is 14.9. The number of aliphatic hydroxyl groups excluding tert-OH is 3. The lowest BCUT2D eigenvalue weighted by atomic mass is 10.0. The highest BCUT2D eigenvalue weighted by Gasteiger charge is 2.18. The smallest absolute Gasteiger partial charge is 0.271 e. The number of nitrogen functional groups attached to an aromatic ring is 1. The minimum absolute atomic E-state index is 0.0252. The molecule has 6 N–H and O–H groups in total. The highest BCUT2D eigenvalue weighted by atomic mass is 16.3. The van der Waals surface area contributed by atoms with Crippen LogP contribution in [0.4, 0.5) is 5.69 Å². The number of pyridine rings is 1. The van der Waals surface area contributed by atoms with Crippen molar-refractivity contribution in [3.05, 3.63) is 28.2 Å². The van der Waals surface area contributed by atoms with Gasteiger partial charge in [0.1, 0.15) is 6.10 Å². The first kappa shape index (κ1) is 11.7. The average molecular weight is 214 g/mol. The molecule has 0 bridgehead atoms. The number of anilines is 1. The molecule has 1 heterocycles. The van der Waals surface area contributed by atoms with Crippen molar-refractivity contribution in [2.24, 2.45) is 0 Å². The van der Waals surface area contributed by atoms with Gasteiger partial charge in [0.15, 0.2) is 0 Å². The molecule has 2 unspecified atom stereocenters. The predicted octanol–water partition coefficient (Wildman–Crippen LogP) is -1.27. The van der Waals surface area contributed by atoms with Crippen LogP contribution in [0.3, 0.4) is 0 Å². The highest BCUT2D eigenvalue weighted by Crippen LogP contribution is 2.18. The maximum absolute atomic E-state index is 10.9. The van der Waals surface area contributed by atoms with Gasteiger partial charge in [0.05, 0.1) is 11.8 Å². The molecule has 84 valence electrons. The van der Waals surface area contributed by atoms with Crippen LogP contribution in [0.15, 0.2) is 17.1 Å². The van der Waals surface area contributed by atoms with E-state index in [4.69, 9.17) is 10.8 Å². The summed E-state index contributed by atoms with van der Waals surface area (Å²) in [5, 5.41) is 27.6. The van der Waals surface area contributed by atoms with Crippen molar-refractivity contribution in [1.82, 2.24) is 4.98 Å². The van der Waals surface area contributed by atoms with Gasteiger partial charge in [0, 0.05) is 18.4 Å². The van der Waals surface area contributed by atoms with Crippen molar-refractivity contribution in [3.63, 3.8) is 0 Å². The quantitative estimate of drug-likeness (QED) is 0.428. The Hall–Kier alpha value is -1.37. The molecule has 0 aromatic carbocycles. The van der Waals surface area contributed by atoms with Crippen LogP contribution in [0.5, 0.6) is 0 Å². The van der Waals surface area contributed by atoms with Crippen molar-refractivity contribution < 1.29 is 15.3 Å². The van der Waals surface area contributed by atoms with Gasteiger partial charge in [0.2, 0.25) is 0 Å². The summed E-state index contributed by atoms with van der Waals surface area (Å²) in [6.45, 7) is -0.225. The monoisotopic (exact) mass is 214 g/mol. The lowest BCUT2D eigenvalue weighted by molar-refractivity contribution is 0.00406. The van der Waals surface area contributed by atoms with Crippen LogP contribution in [-0.2, 0) is 0 Å². The van der Waals surface area contributed by atoms with E-state index in [1.54, 1.807) is 0 Å². The second-order valence-electron chi connectivity index (χ2n) is 3.24. The zero-order chi connectivity index (χ0) is 11.4. The van der Waals surface area contributed by atoms with Crippen LogP contribution >= 0.6 is 0 Å². The van der Waals surface area contributed by atoms with Gasteiger partial charge >= 0.3 is 0 Å². The van der Waals surface area contributed by atoms with E-state index >= 15 is 0 Å². The Morgan fingerprint density at radius 3 is 2.67 bits per heavy atom. The van der Waals surface area contributed by atoms with Gasteiger partial charge in [-0.2, -0.15) is 0 Å². The van der Waals surface area contributed by atoms with Crippen LogP contribution in [0, 0.1) is 0 Å². The summed E-state index contributed by atoms with van der Waals surface area (Å²) >= 11 is 0. The zero-order valence-electron chi connectivity index (χ0n) is 8.05. The molecule has 0 amide bonds. The lowest BCUT2D eigenvalue weighted by Gasteiger charge is -2.16. The van der Waals surface area contributed by atoms with Gasteiger partial charge < -0.3 is 26.0 Å². The highest BCUT2D eigenvalue weighted by molar-refractivity contribution is 5.38. The standard InChI is InChI=1S/C9H14N2O4/c10-6-3-5(4-11-9(6)15)8(14)7(13)1-2-12/h3-4,7-8,12-14H,1-2,10H2,(H,11,15). The number of hydrogen-bond acceptors (Lipinski definition) is 5. The average Bonchev–Trinajstić information content (AvgIpc) is 2.21. The van der Waals surface area contributed by atoms with E-state index < -0.39 is 17.8 Å². The first-order valence-corrected chi connectivity index (χ1v) is 4.51. The van der Waals surface area contributed by atoms with Crippen LogP contribution in [0.1, 0.15) is 18.1 Å². The third-order valence-electron chi connectivity index (χ3n) is 2.09. The molecule has 0 aliphatic heterocycles. The first-order valence-electron chi connectivity index (χ1n) is 4.51. The molecule has 0 radical (unpaired) electrons. The number of H-pyrrole nitrogens is 1. The number of aromatic nitrogens is 1. The molecule has 6 heteroatoms. The minimum Gasteiger partial charge on any atom is -0.396 e. The number of nitrogens with two attached hydrogens (primary N) is 1. The van der Waals surface area contributed by atoms with Crippen LogP contribution < -0.4 is 11.3 Å². The van der Waals surface area contributed by atoms with Gasteiger partial charge in [-0.25, -0.2) is 0 Å². The zero-order valence-corrected chi connectivity index (χ0v) is 8.05. The Labute approximate surface area is 86.0 Å². The lowest BCUT2D eigenvalue weighted by Crippen LogP contribution is -2.21. The molecule has 0 aliphatic rings. The fourth-order valence-electron chi connectivity index (χ4n) is 1.20. The summed E-state index contributed by atoms with van der Waals surface area (Å²) in [7, 11) is 0. The first-order chi connectivity index (χ1) is 7.06.